The van der Waals surface area contributed by atoms with E-state index in [1.54, 1.807) is 36.4 Å². The highest BCUT2D eigenvalue weighted by Crippen LogP contribution is 2.35. The van der Waals surface area contributed by atoms with Crippen LogP contribution in [0, 0.1) is 22.7 Å². The average Bonchev–Trinajstić information content (AvgIpc) is 2.75. The fraction of sp³-hybridized carbons (Fsp3) is 0.174. The van der Waals surface area contributed by atoms with E-state index < -0.39 is 5.91 Å². The van der Waals surface area contributed by atoms with Crippen molar-refractivity contribution < 1.29 is 14.3 Å². The minimum atomic E-state index is -0.639. The highest BCUT2D eigenvalue weighted by molar-refractivity contribution is 6.44. The third-order valence-electron chi connectivity index (χ3n) is 3.98. The lowest BCUT2D eigenvalue weighted by Gasteiger charge is -2.15. The number of benzene rings is 2. The first-order valence-electron chi connectivity index (χ1n) is 9.22. The number of halogens is 2. The molecule has 0 aliphatic carbocycles. The number of hydrogen-bond donors (Lipinski definition) is 1. The molecule has 0 aromatic heterocycles. The number of carbonyl (C=O) groups excluding carboxylic acids is 1. The number of ether oxygens (including phenoxy) is 2. The monoisotopic (exact) mass is 455 g/mol. The van der Waals surface area contributed by atoms with Gasteiger partial charge in [0.2, 0.25) is 0 Å². The van der Waals surface area contributed by atoms with Crippen LogP contribution in [-0.2, 0) is 11.2 Å². The molecule has 0 unspecified atom stereocenters. The van der Waals surface area contributed by atoms with Gasteiger partial charge in [-0.3, -0.25) is 4.79 Å². The van der Waals surface area contributed by atoms with Gasteiger partial charge in [-0.25, -0.2) is 0 Å². The van der Waals surface area contributed by atoms with Crippen molar-refractivity contribution in [3.05, 3.63) is 69.7 Å². The summed E-state index contributed by atoms with van der Waals surface area (Å²) in [7, 11) is 0. The van der Waals surface area contributed by atoms with E-state index >= 15 is 0 Å². The Morgan fingerprint density at radius 2 is 2.03 bits per heavy atom. The first-order valence-corrected chi connectivity index (χ1v) is 9.98. The molecule has 0 spiro atoms. The molecule has 0 aliphatic heterocycles. The largest absolute Gasteiger partial charge is 0.490 e. The number of nitrogens with zero attached hydrogens (tertiary/aromatic N) is 2. The van der Waals surface area contributed by atoms with Crippen LogP contribution < -0.4 is 14.8 Å². The van der Waals surface area contributed by atoms with Gasteiger partial charge in [0.15, 0.2) is 18.1 Å². The number of rotatable bonds is 9. The summed E-state index contributed by atoms with van der Waals surface area (Å²) in [5.74, 6) is 0.188. The molecule has 6 nitrogen and oxygen atoms in total. The van der Waals surface area contributed by atoms with Crippen molar-refractivity contribution in [1.29, 1.82) is 10.5 Å². The maximum atomic E-state index is 12.6. The van der Waals surface area contributed by atoms with Crippen molar-refractivity contribution in [1.82, 2.24) is 0 Å². The van der Waals surface area contributed by atoms with E-state index in [9.17, 15) is 10.1 Å². The van der Waals surface area contributed by atoms with Crippen molar-refractivity contribution in [2.75, 3.05) is 18.5 Å². The van der Waals surface area contributed by atoms with Crippen LogP contribution in [0.4, 0.5) is 5.69 Å². The van der Waals surface area contributed by atoms with Gasteiger partial charge in [-0.05, 0) is 49.2 Å². The fourth-order valence-corrected chi connectivity index (χ4v) is 3.06. The van der Waals surface area contributed by atoms with Crippen molar-refractivity contribution >= 4 is 40.9 Å². The van der Waals surface area contributed by atoms with Crippen LogP contribution >= 0.6 is 23.2 Å². The smallest absolute Gasteiger partial charge is 0.266 e. The van der Waals surface area contributed by atoms with Gasteiger partial charge in [-0.15, -0.1) is 6.58 Å². The first-order chi connectivity index (χ1) is 14.9. The second-order valence-corrected chi connectivity index (χ2v) is 6.89. The zero-order valence-corrected chi connectivity index (χ0v) is 18.3. The lowest BCUT2D eigenvalue weighted by molar-refractivity contribution is -0.112. The first kappa shape index (κ1) is 23.8. The van der Waals surface area contributed by atoms with Crippen LogP contribution in [0.5, 0.6) is 11.5 Å². The zero-order valence-electron chi connectivity index (χ0n) is 16.7. The van der Waals surface area contributed by atoms with Crippen molar-refractivity contribution in [3.8, 4) is 23.6 Å². The minimum Gasteiger partial charge on any atom is -0.490 e. The summed E-state index contributed by atoms with van der Waals surface area (Å²) in [6, 6.07) is 12.0. The van der Waals surface area contributed by atoms with Crippen LogP contribution in [0.2, 0.25) is 10.0 Å². The highest BCUT2D eigenvalue weighted by Gasteiger charge is 2.16. The third-order valence-corrected chi connectivity index (χ3v) is 4.79. The lowest BCUT2D eigenvalue weighted by atomic mass is 10.0. The molecule has 1 amide bonds. The molecule has 2 aromatic rings. The molecule has 0 saturated heterocycles. The molecule has 2 aromatic carbocycles. The quantitative estimate of drug-likeness (QED) is 0.303. The van der Waals surface area contributed by atoms with Gasteiger partial charge in [-0.1, -0.05) is 35.3 Å². The summed E-state index contributed by atoms with van der Waals surface area (Å²) in [4.78, 5) is 12.6. The van der Waals surface area contributed by atoms with Gasteiger partial charge in [0, 0.05) is 5.56 Å². The second kappa shape index (κ2) is 11.7. The average molecular weight is 456 g/mol. The molecule has 31 heavy (non-hydrogen) atoms. The molecule has 0 aliphatic rings. The number of hydrogen-bond acceptors (Lipinski definition) is 5. The molecule has 0 atom stereocenters. The molecular formula is C23H19Cl2N3O3. The molecule has 0 radical (unpaired) electrons. The van der Waals surface area contributed by atoms with Gasteiger partial charge < -0.3 is 14.8 Å². The molecule has 2 rings (SSSR count). The summed E-state index contributed by atoms with van der Waals surface area (Å²) in [6.07, 6.45) is 3.54. The van der Waals surface area contributed by atoms with E-state index in [1.165, 1.54) is 6.08 Å². The Morgan fingerprint density at radius 1 is 1.26 bits per heavy atom. The SMILES string of the molecule is C=CCc1cc(/C=C(/C#N)C(=O)Nc2cccc(Cl)c2Cl)cc(OCC)c1OCC#N. The highest BCUT2D eigenvalue weighted by atomic mass is 35.5. The van der Waals surface area contributed by atoms with E-state index in [0.717, 1.165) is 0 Å². The number of carbonyl (C=O) groups is 1. The molecule has 1 N–H and O–H groups in total. The van der Waals surface area contributed by atoms with Crippen LogP contribution in [0.25, 0.3) is 6.08 Å². The Labute approximate surface area is 190 Å². The van der Waals surface area contributed by atoms with Gasteiger partial charge in [0.25, 0.3) is 5.91 Å². The van der Waals surface area contributed by atoms with Crippen LogP contribution in [0.15, 0.2) is 48.6 Å². The third kappa shape index (κ3) is 6.26. The van der Waals surface area contributed by atoms with Crippen molar-refractivity contribution in [3.63, 3.8) is 0 Å². The van der Waals surface area contributed by atoms with E-state index in [2.05, 4.69) is 11.9 Å². The lowest BCUT2D eigenvalue weighted by Crippen LogP contribution is -2.13. The van der Waals surface area contributed by atoms with Crippen molar-refractivity contribution in [2.45, 2.75) is 13.3 Å². The summed E-state index contributed by atoms with van der Waals surface area (Å²) in [6.45, 7) is 5.76. The van der Waals surface area contributed by atoms with E-state index in [-0.39, 0.29) is 22.2 Å². The predicted octanol–water partition coefficient (Wildman–Crippen LogP) is 5.57. The van der Waals surface area contributed by atoms with Gasteiger partial charge >= 0.3 is 0 Å². The van der Waals surface area contributed by atoms with Crippen LogP contribution in [-0.4, -0.2) is 19.1 Å². The summed E-state index contributed by atoms with van der Waals surface area (Å²) < 4.78 is 11.2. The maximum absolute atomic E-state index is 12.6. The molecule has 0 saturated carbocycles. The van der Waals surface area contributed by atoms with E-state index in [4.69, 9.17) is 37.9 Å². The predicted molar refractivity (Wildman–Crippen MR) is 121 cm³/mol. The number of anilines is 1. The summed E-state index contributed by atoms with van der Waals surface area (Å²) in [5.41, 5.74) is 1.41. The fourth-order valence-electron chi connectivity index (χ4n) is 2.71. The zero-order chi connectivity index (χ0) is 22.8. The number of amides is 1. The normalized spacial score (nSPS) is 10.5. The van der Waals surface area contributed by atoms with Gasteiger partial charge in [-0.2, -0.15) is 10.5 Å². The molecular weight excluding hydrogens is 437 g/mol. The summed E-state index contributed by atoms with van der Waals surface area (Å²) in [5, 5.41) is 21.4. The van der Waals surface area contributed by atoms with E-state index in [0.29, 0.717) is 41.3 Å². The Hall–Kier alpha value is -3.45. The van der Waals surface area contributed by atoms with Crippen LogP contribution in [0.1, 0.15) is 18.1 Å². The Morgan fingerprint density at radius 3 is 2.68 bits per heavy atom. The number of allylic oxidation sites excluding steroid dienone is 1. The Balaban J connectivity index is 2.45. The molecule has 0 heterocycles. The number of nitriles is 2. The number of nitrogens with one attached hydrogen (secondary N) is 1. The maximum Gasteiger partial charge on any atom is 0.266 e. The second-order valence-electron chi connectivity index (χ2n) is 6.11. The van der Waals surface area contributed by atoms with Gasteiger partial charge in [0.1, 0.15) is 17.7 Å². The van der Waals surface area contributed by atoms with E-state index in [1.807, 2.05) is 19.1 Å². The molecule has 8 heteroatoms. The minimum absolute atomic E-state index is 0.145. The molecule has 0 bridgehead atoms. The topological polar surface area (TPSA) is 95.1 Å². The molecule has 158 valence electrons. The standard InChI is InChI=1S/C23H19Cl2N3O3/c1-3-6-16-11-15(13-20(30-4-2)22(16)31-10-9-26)12-17(14-27)23(29)28-19-8-5-7-18(24)21(19)25/h3,5,7-8,11-13H,1,4,6,10H2,2H3,(H,28,29)/b17-12-. The molecule has 0 fully saturated rings. The summed E-state index contributed by atoms with van der Waals surface area (Å²) >= 11 is 12.1. The van der Waals surface area contributed by atoms with Gasteiger partial charge in [0.05, 0.1) is 22.3 Å². The van der Waals surface area contributed by atoms with Crippen LogP contribution in [0.3, 0.4) is 0 Å². The Bertz CT molecular complexity index is 1100. The Kier molecular flexibility index (Phi) is 8.96. The van der Waals surface area contributed by atoms with Crippen molar-refractivity contribution in [2.24, 2.45) is 0 Å².